The lowest BCUT2D eigenvalue weighted by Gasteiger charge is -2.18. The third kappa shape index (κ3) is 3.63. The van der Waals surface area contributed by atoms with Crippen molar-refractivity contribution in [1.82, 2.24) is 9.55 Å². The van der Waals surface area contributed by atoms with E-state index in [1.807, 2.05) is 6.92 Å². The van der Waals surface area contributed by atoms with Crippen molar-refractivity contribution in [2.45, 2.75) is 58.2 Å². The van der Waals surface area contributed by atoms with Crippen LogP contribution in [0.4, 0.5) is 10.2 Å². The normalized spacial score (nSPS) is 27.9. The van der Waals surface area contributed by atoms with Gasteiger partial charge in [-0.2, -0.15) is 4.98 Å². The summed E-state index contributed by atoms with van der Waals surface area (Å²) in [5.41, 5.74) is -0.903. The van der Waals surface area contributed by atoms with Crippen molar-refractivity contribution >= 4 is 11.7 Å². The number of hydrogen-bond donors (Lipinski definition) is 3. The summed E-state index contributed by atoms with van der Waals surface area (Å²) in [6.45, 7) is 5.14. The number of ether oxygens (including phenoxy) is 1. The fraction of sp³-hybridized carbons (Fsp3) is 0.667. The highest BCUT2D eigenvalue weighted by Gasteiger charge is 2.42. The van der Waals surface area contributed by atoms with Crippen LogP contribution in [0, 0.1) is 11.7 Å². The lowest BCUT2D eigenvalue weighted by Crippen LogP contribution is -2.36. The Balaban J connectivity index is 2.23. The van der Waals surface area contributed by atoms with Crippen molar-refractivity contribution in [1.29, 1.82) is 0 Å². The summed E-state index contributed by atoms with van der Waals surface area (Å²) in [7, 11) is 0. The molecule has 2 rings (SSSR count). The second-order valence-electron chi connectivity index (χ2n) is 6.02. The van der Waals surface area contributed by atoms with Gasteiger partial charge in [0, 0.05) is 5.92 Å². The molecule has 5 atom stereocenters. The Bertz CT molecular complexity index is 665. The average molecular weight is 343 g/mol. The van der Waals surface area contributed by atoms with Gasteiger partial charge in [0.05, 0.1) is 12.3 Å². The first kappa shape index (κ1) is 18.5. The Morgan fingerprint density at radius 1 is 1.50 bits per heavy atom. The molecule has 0 bridgehead atoms. The number of carbonyl (C=O) groups is 1. The quantitative estimate of drug-likeness (QED) is 0.713. The van der Waals surface area contributed by atoms with Crippen LogP contribution >= 0.6 is 0 Å². The summed E-state index contributed by atoms with van der Waals surface area (Å²) in [4.78, 5) is 27.5. The first-order valence-electron chi connectivity index (χ1n) is 7.87. The number of aliphatic hydroxyl groups is 2. The molecule has 3 N–H and O–H groups in total. The number of hydrogen-bond acceptors (Lipinski definition) is 6. The summed E-state index contributed by atoms with van der Waals surface area (Å²) >= 11 is 0. The van der Waals surface area contributed by atoms with Crippen molar-refractivity contribution in [2.75, 3.05) is 5.32 Å². The topological polar surface area (TPSA) is 114 Å². The van der Waals surface area contributed by atoms with E-state index in [4.69, 9.17) is 4.74 Å². The third-order valence-electron chi connectivity index (χ3n) is 4.07. The predicted octanol–water partition coefficient (Wildman–Crippen LogP) is 0.396. The van der Waals surface area contributed by atoms with E-state index in [0.717, 1.165) is 17.2 Å². The van der Waals surface area contributed by atoms with Crippen LogP contribution in [-0.2, 0) is 9.53 Å². The summed E-state index contributed by atoms with van der Waals surface area (Å²) in [6, 6.07) is 0. The van der Waals surface area contributed by atoms with Crippen LogP contribution in [-0.4, -0.2) is 44.0 Å². The predicted molar refractivity (Wildman–Crippen MR) is 82.8 cm³/mol. The fourth-order valence-corrected chi connectivity index (χ4v) is 2.58. The molecule has 1 unspecified atom stereocenters. The summed E-state index contributed by atoms with van der Waals surface area (Å²) in [5.74, 6) is -2.17. The molecule has 2 heterocycles. The van der Waals surface area contributed by atoms with Crippen LogP contribution in [0.5, 0.6) is 0 Å². The maximum atomic E-state index is 14.2. The van der Waals surface area contributed by atoms with E-state index in [0.29, 0.717) is 6.42 Å². The zero-order valence-corrected chi connectivity index (χ0v) is 13.8. The molecule has 24 heavy (non-hydrogen) atoms. The van der Waals surface area contributed by atoms with Gasteiger partial charge in [-0.3, -0.25) is 9.36 Å². The molecule has 9 heteroatoms. The van der Waals surface area contributed by atoms with E-state index in [9.17, 15) is 24.2 Å². The van der Waals surface area contributed by atoms with Crippen LogP contribution in [0.25, 0.3) is 0 Å². The highest BCUT2D eigenvalue weighted by Crippen LogP contribution is 2.28. The van der Waals surface area contributed by atoms with Crippen molar-refractivity contribution in [3.63, 3.8) is 0 Å². The molecule has 1 aromatic rings. The van der Waals surface area contributed by atoms with Crippen LogP contribution in [0.2, 0.25) is 0 Å². The minimum Gasteiger partial charge on any atom is -0.388 e. The molecule has 1 aliphatic heterocycles. The Morgan fingerprint density at radius 3 is 2.71 bits per heavy atom. The van der Waals surface area contributed by atoms with Gasteiger partial charge < -0.3 is 20.3 Å². The van der Waals surface area contributed by atoms with Crippen molar-refractivity contribution in [2.24, 2.45) is 5.92 Å². The molecule has 0 saturated carbocycles. The molecular weight excluding hydrogens is 321 g/mol. The highest BCUT2D eigenvalue weighted by atomic mass is 19.1. The molecule has 1 saturated heterocycles. The highest BCUT2D eigenvalue weighted by molar-refractivity contribution is 5.91. The van der Waals surface area contributed by atoms with E-state index in [2.05, 4.69) is 10.3 Å². The molecule has 8 nitrogen and oxygen atoms in total. The number of nitrogens with zero attached hydrogens (tertiary/aromatic N) is 2. The number of amides is 1. The van der Waals surface area contributed by atoms with Crippen LogP contribution < -0.4 is 11.0 Å². The number of rotatable bonds is 5. The zero-order valence-electron chi connectivity index (χ0n) is 13.8. The molecule has 0 spiro atoms. The number of aliphatic hydroxyl groups excluding tert-OH is 2. The first-order valence-corrected chi connectivity index (χ1v) is 7.87. The fourth-order valence-electron chi connectivity index (χ4n) is 2.58. The molecule has 1 aliphatic rings. The van der Waals surface area contributed by atoms with Crippen molar-refractivity contribution in [3.8, 4) is 0 Å². The van der Waals surface area contributed by atoms with Gasteiger partial charge in [0.1, 0.15) is 12.2 Å². The van der Waals surface area contributed by atoms with Gasteiger partial charge in [-0.1, -0.05) is 20.3 Å². The van der Waals surface area contributed by atoms with E-state index in [1.165, 1.54) is 6.92 Å². The first-order chi connectivity index (χ1) is 11.3. The Morgan fingerprint density at radius 2 is 2.17 bits per heavy atom. The lowest BCUT2D eigenvalue weighted by atomic mass is 10.1. The third-order valence-corrected chi connectivity index (χ3v) is 4.07. The van der Waals surface area contributed by atoms with E-state index < -0.39 is 47.8 Å². The van der Waals surface area contributed by atoms with E-state index in [1.54, 1.807) is 6.92 Å². The standard InChI is InChI=1S/C15H22FN3O5/c1-4-5-7(2)13(22)17-12-9(16)6-19(15(23)18-12)14-11(21)10(20)8(3)24-14/h6-8,10-11,14,20-21H,4-5H2,1-3H3,(H,17,18,22,23)/t7?,8-,10-,11-,14-/m1/s1. The number of carbonyl (C=O) groups excluding carboxylic acids is 1. The summed E-state index contributed by atoms with van der Waals surface area (Å²) < 4.78 is 20.2. The van der Waals surface area contributed by atoms with Gasteiger partial charge >= 0.3 is 5.69 Å². The van der Waals surface area contributed by atoms with Gasteiger partial charge in [0.25, 0.3) is 0 Å². The van der Waals surface area contributed by atoms with Gasteiger partial charge in [-0.15, -0.1) is 0 Å². The Kier molecular flexibility index (Phi) is 5.68. The van der Waals surface area contributed by atoms with Crippen molar-refractivity contribution < 1.29 is 24.1 Å². The molecule has 1 amide bonds. The molecule has 1 aromatic heterocycles. The number of anilines is 1. The largest absolute Gasteiger partial charge is 0.388 e. The molecule has 134 valence electrons. The number of halogens is 1. The lowest BCUT2D eigenvalue weighted by molar-refractivity contribution is -0.119. The zero-order chi connectivity index (χ0) is 18.0. The molecule has 0 aliphatic carbocycles. The maximum absolute atomic E-state index is 14.2. The average Bonchev–Trinajstić information content (AvgIpc) is 2.78. The molecule has 1 fully saturated rings. The monoisotopic (exact) mass is 343 g/mol. The maximum Gasteiger partial charge on any atom is 0.351 e. The molecule has 0 aromatic carbocycles. The van der Waals surface area contributed by atoms with E-state index in [-0.39, 0.29) is 5.92 Å². The second kappa shape index (κ2) is 7.37. The SMILES string of the molecule is CCCC(C)C(=O)Nc1nc(=O)n([C@@H]2O[C@H](C)[C@@H](O)[C@H]2O)cc1F. The summed E-state index contributed by atoms with van der Waals surface area (Å²) in [6.07, 6.45) is -2.31. The van der Waals surface area contributed by atoms with Crippen LogP contribution in [0.1, 0.15) is 39.8 Å². The van der Waals surface area contributed by atoms with Gasteiger partial charge in [0.2, 0.25) is 5.91 Å². The van der Waals surface area contributed by atoms with Gasteiger partial charge in [-0.25, -0.2) is 9.18 Å². The Hall–Kier alpha value is -1.84. The van der Waals surface area contributed by atoms with Crippen molar-refractivity contribution in [3.05, 3.63) is 22.5 Å². The van der Waals surface area contributed by atoms with Gasteiger partial charge in [-0.05, 0) is 13.3 Å². The van der Waals surface area contributed by atoms with Crippen LogP contribution in [0.15, 0.2) is 11.0 Å². The number of nitrogens with one attached hydrogen (secondary N) is 1. The number of aromatic nitrogens is 2. The Labute approximate surface area is 138 Å². The van der Waals surface area contributed by atoms with Gasteiger partial charge in [0.15, 0.2) is 17.9 Å². The minimum absolute atomic E-state index is 0.338. The van der Waals surface area contributed by atoms with E-state index >= 15 is 0 Å². The summed E-state index contributed by atoms with van der Waals surface area (Å²) in [5, 5.41) is 21.9. The molecular formula is C15H22FN3O5. The van der Waals surface area contributed by atoms with Crippen LogP contribution in [0.3, 0.4) is 0 Å². The minimum atomic E-state index is -1.39. The smallest absolute Gasteiger partial charge is 0.351 e. The second-order valence-corrected chi connectivity index (χ2v) is 6.02. The molecule has 0 radical (unpaired) electrons.